The largest absolute Gasteiger partial charge is 0.508 e. The monoisotopic (exact) mass is 191 g/mol. The van der Waals surface area contributed by atoms with E-state index in [2.05, 4.69) is 25.2 Å². The van der Waals surface area contributed by atoms with E-state index in [0.29, 0.717) is 11.8 Å². The van der Waals surface area contributed by atoms with E-state index in [0.717, 1.165) is 5.56 Å². The van der Waals surface area contributed by atoms with Crippen molar-refractivity contribution >= 4 is 6.08 Å². The molecule has 0 saturated heterocycles. The van der Waals surface area contributed by atoms with Gasteiger partial charge in [0.1, 0.15) is 5.75 Å². The van der Waals surface area contributed by atoms with Crippen molar-refractivity contribution in [1.29, 1.82) is 0 Å². The zero-order chi connectivity index (χ0) is 10.6. The van der Waals surface area contributed by atoms with Gasteiger partial charge in [-0.05, 0) is 38.6 Å². The zero-order valence-corrected chi connectivity index (χ0v) is 8.91. The van der Waals surface area contributed by atoms with E-state index in [1.54, 1.807) is 12.1 Å². The summed E-state index contributed by atoms with van der Waals surface area (Å²) in [5.74, 6) is 0.309. The van der Waals surface area contributed by atoms with Crippen molar-refractivity contribution in [2.24, 2.45) is 0 Å². The Labute approximate surface area is 85.3 Å². The van der Waals surface area contributed by atoms with Gasteiger partial charge in [0.05, 0.1) is 0 Å². The predicted molar refractivity (Wildman–Crippen MR) is 60.3 cm³/mol. The van der Waals surface area contributed by atoms with E-state index in [-0.39, 0.29) is 0 Å². The van der Waals surface area contributed by atoms with Crippen LogP contribution in [0.15, 0.2) is 29.8 Å². The van der Waals surface area contributed by atoms with Gasteiger partial charge in [-0.25, -0.2) is 0 Å². The van der Waals surface area contributed by atoms with Crippen LogP contribution in [-0.4, -0.2) is 18.2 Å². The Hall–Kier alpha value is -1.28. The summed E-state index contributed by atoms with van der Waals surface area (Å²) in [5.41, 5.74) is 2.28. The lowest BCUT2D eigenvalue weighted by atomic mass is 10.1. The van der Waals surface area contributed by atoms with Crippen LogP contribution in [0.25, 0.3) is 6.08 Å². The van der Waals surface area contributed by atoms with E-state index in [1.807, 2.05) is 19.2 Å². The molecule has 0 saturated carbocycles. The minimum absolute atomic E-state index is 0.309. The van der Waals surface area contributed by atoms with Gasteiger partial charge < -0.3 is 10.4 Å². The molecule has 0 aliphatic heterocycles. The quantitative estimate of drug-likeness (QED) is 0.769. The van der Waals surface area contributed by atoms with E-state index in [9.17, 15) is 5.11 Å². The number of hydrogen-bond donors (Lipinski definition) is 2. The van der Waals surface area contributed by atoms with Crippen LogP contribution in [0.2, 0.25) is 0 Å². The topological polar surface area (TPSA) is 32.3 Å². The summed E-state index contributed by atoms with van der Waals surface area (Å²) in [4.78, 5) is 0. The minimum atomic E-state index is 0.309. The second kappa shape index (κ2) is 4.82. The smallest absolute Gasteiger partial charge is 0.116 e. The third-order valence-corrected chi connectivity index (χ3v) is 2.38. The summed E-state index contributed by atoms with van der Waals surface area (Å²) in [5, 5.41) is 12.4. The number of nitrogens with one attached hydrogen (secondary N) is 1. The molecule has 0 bridgehead atoms. The van der Waals surface area contributed by atoms with Crippen molar-refractivity contribution in [1.82, 2.24) is 5.32 Å². The molecule has 76 valence electrons. The molecule has 2 nitrogen and oxygen atoms in total. The number of likely N-dealkylation sites (N-methyl/N-ethyl adjacent to an activating group) is 1. The first-order valence-electron chi connectivity index (χ1n) is 4.78. The molecule has 0 aromatic heterocycles. The molecular weight excluding hydrogens is 174 g/mol. The van der Waals surface area contributed by atoms with Gasteiger partial charge in [0.25, 0.3) is 0 Å². The molecule has 1 atom stereocenters. The van der Waals surface area contributed by atoms with E-state index >= 15 is 0 Å². The van der Waals surface area contributed by atoms with Crippen LogP contribution in [0.5, 0.6) is 5.75 Å². The van der Waals surface area contributed by atoms with Crippen LogP contribution >= 0.6 is 0 Å². The normalized spacial score (nSPS) is 14.1. The van der Waals surface area contributed by atoms with Gasteiger partial charge in [0, 0.05) is 6.04 Å². The van der Waals surface area contributed by atoms with E-state index in [1.165, 1.54) is 5.57 Å². The number of phenolic OH excluding ortho intramolecular Hbond substituents is 1. The van der Waals surface area contributed by atoms with Crippen molar-refractivity contribution in [3.63, 3.8) is 0 Å². The molecule has 0 aliphatic rings. The van der Waals surface area contributed by atoms with Crippen molar-refractivity contribution in [2.75, 3.05) is 7.05 Å². The Morgan fingerprint density at radius 2 is 2.21 bits per heavy atom. The zero-order valence-electron chi connectivity index (χ0n) is 8.91. The molecule has 2 N–H and O–H groups in total. The summed E-state index contributed by atoms with van der Waals surface area (Å²) in [6.45, 7) is 4.18. The van der Waals surface area contributed by atoms with Gasteiger partial charge in [0.15, 0.2) is 0 Å². The maximum absolute atomic E-state index is 9.28. The molecule has 1 rings (SSSR count). The fourth-order valence-electron chi connectivity index (χ4n) is 1.23. The van der Waals surface area contributed by atoms with Crippen molar-refractivity contribution in [2.45, 2.75) is 19.9 Å². The molecule has 0 fully saturated rings. The summed E-state index contributed by atoms with van der Waals surface area (Å²) in [6.07, 6.45) is 2.07. The number of phenols is 1. The van der Waals surface area contributed by atoms with Gasteiger partial charge in [-0.3, -0.25) is 0 Å². The molecule has 0 radical (unpaired) electrons. The highest BCUT2D eigenvalue weighted by Gasteiger charge is 2.00. The number of rotatable bonds is 3. The molecule has 1 aromatic rings. The highest BCUT2D eigenvalue weighted by Crippen LogP contribution is 2.15. The summed E-state index contributed by atoms with van der Waals surface area (Å²) >= 11 is 0. The molecule has 1 aromatic carbocycles. The lowest BCUT2D eigenvalue weighted by Gasteiger charge is -2.10. The Bertz CT molecular complexity index is 331. The van der Waals surface area contributed by atoms with Gasteiger partial charge in [-0.2, -0.15) is 0 Å². The Morgan fingerprint density at radius 1 is 1.50 bits per heavy atom. The Kier molecular flexibility index (Phi) is 3.72. The second-order valence-electron chi connectivity index (χ2n) is 3.49. The van der Waals surface area contributed by atoms with Crippen LogP contribution in [0.1, 0.15) is 19.4 Å². The van der Waals surface area contributed by atoms with Crippen LogP contribution < -0.4 is 5.32 Å². The van der Waals surface area contributed by atoms with Crippen LogP contribution in [0.4, 0.5) is 0 Å². The van der Waals surface area contributed by atoms with Gasteiger partial charge in [-0.15, -0.1) is 0 Å². The van der Waals surface area contributed by atoms with Crippen molar-refractivity contribution in [3.05, 3.63) is 35.4 Å². The first-order valence-corrected chi connectivity index (χ1v) is 4.78. The molecule has 0 amide bonds. The van der Waals surface area contributed by atoms with Crippen molar-refractivity contribution in [3.8, 4) is 5.75 Å². The molecule has 14 heavy (non-hydrogen) atoms. The summed E-state index contributed by atoms with van der Waals surface area (Å²) in [7, 11) is 1.93. The highest BCUT2D eigenvalue weighted by molar-refractivity contribution is 5.55. The molecule has 0 spiro atoms. The number of hydrogen-bond acceptors (Lipinski definition) is 2. The lowest BCUT2D eigenvalue weighted by molar-refractivity contribution is 0.475. The van der Waals surface area contributed by atoms with Gasteiger partial charge in [-0.1, -0.05) is 23.8 Å². The van der Waals surface area contributed by atoms with E-state index in [4.69, 9.17) is 0 Å². The maximum Gasteiger partial charge on any atom is 0.116 e. The third-order valence-electron chi connectivity index (χ3n) is 2.38. The average molecular weight is 191 g/mol. The fourth-order valence-corrected chi connectivity index (χ4v) is 1.23. The minimum Gasteiger partial charge on any atom is -0.508 e. The van der Waals surface area contributed by atoms with Crippen LogP contribution in [0.3, 0.4) is 0 Å². The Balaban J connectivity index is 2.86. The maximum atomic E-state index is 9.28. The standard InChI is InChI=1S/C12H17NO/c1-9(10(2)13-3)7-11-5-4-6-12(14)8-11/h4-8,10,13-14H,1-3H3/b9-7+. The predicted octanol–water partition coefficient (Wildman–Crippen LogP) is 2.40. The first-order chi connectivity index (χ1) is 6.63. The molecule has 2 heteroatoms. The molecule has 0 aliphatic carbocycles. The second-order valence-corrected chi connectivity index (χ2v) is 3.49. The molecular formula is C12H17NO. The van der Waals surface area contributed by atoms with Crippen molar-refractivity contribution < 1.29 is 5.11 Å². The third kappa shape index (κ3) is 2.89. The summed E-state index contributed by atoms with van der Waals surface area (Å²) < 4.78 is 0. The van der Waals surface area contributed by atoms with Gasteiger partial charge >= 0.3 is 0 Å². The highest BCUT2D eigenvalue weighted by atomic mass is 16.3. The average Bonchev–Trinajstić information content (AvgIpc) is 2.16. The Morgan fingerprint density at radius 3 is 2.79 bits per heavy atom. The first kappa shape index (κ1) is 10.8. The molecule has 1 unspecified atom stereocenters. The lowest BCUT2D eigenvalue weighted by Crippen LogP contribution is -2.21. The summed E-state index contributed by atoms with van der Waals surface area (Å²) in [6, 6.07) is 7.61. The SMILES string of the molecule is CNC(C)/C(C)=C/c1cccc(O)c1. The van der Waals surface area contributed by atoms with Crippen LogP contribution in [-0.2, 0) is 0 Å². The number of benzene rings is 1. The van der Waals surface area contributed by atoms with Gasteiger partial charge in [0.2, 0.25) is 0 Å². The fraction of sp³-hybridized carbons (Fsp3) is 0.333. The number of aromatic hydroxyl groups is 1. The van der Waals surface area contributed by atoms with E-state index < -0.39 is 0 Å². The molecule has 0 heterocycles. The van der Waals surface area contributed by atoms with Crippen LogP contribution in [0, 0.1) is 0 Å².